The van der Waals surface area contributed by atoms with Crippen LogP contribution in [0.25, 0.3) is 0 Å². The molecule has 0 heterocycles. The van der Waals surface area contributed by atoms with Crippen LogP contribution in [0.3, 0.4) is 0 Å². The van der Waals surface area contributed by atoms with Gasteiger partial charge in [0.05, 0.1) is 27.7 Å². The van der Waals surface area contributed by atoms with Crippen molar-refractivity contribution in [3.63, 3.8) is 0 Å². The van der Waals surface area contributed by atoms with Crippen LogP contribution in [0, 0.1) is 0 Å². The Kier molecular flexibility index (Phi) is 77.1. The van der Waals surface area contributed by atoms with Gasteiger partial charge in [-0.05, 0) is 96.3 Å². The number of carbonyl (C=O) groups is 2. The summed E-state index contributed by atoms with van der Waals surface area (Å²) in [6, 6.07) is 0. The minimum Gasteiger partial charge on any atom is -0.462 e. The van der Waals surface area contributed by atoms with Gasteiger partial charge in [0.15, 0.2) is 6.10 Å². The summed E-state index contributed by atoms with van der Waals surface area (Å²) in [5.74, 6) is -0.777. The van der Waals surface area contributed by atoms with Gasteiger partial charge in [-0.1, -0.05) is 399 Å². The third kappa shape index (κ3) is 83.6. The van der Waals surface area contributed by atoms with E-state index in [1.807, 2.05) is 21.1 Å². The summed E-state index contributed by atoms with van der Waals surface area (Å²) in [6.07, 6.45) is 114. The molecule has 0 aromatic heterocycles. The molecule has 0 aliphatic heterocycles. The van der Waals surface area contributed by atoms with Crippen LogP contribution in [0.2, 0.25) is 0 Å². The fourth-order valence-corrected chi connectivity index (χ4v) is 13.1. The molecule has 0 aromatic carbocycles. The van der Waals surface area contributed by atoms with Crippen molar-refractivity contribution in [2.75, 3.05) is 47.5 Å². The third-order valence-corrected chi connectivity index (χ3v) is 19.8. The first kappa shape index (κ1) is 96.7. The van der Waals surface area contributed by atoms with E-state index < -0.39 is 26.5 Å². The van der Waals surface area contributed by atoms with Crippen molar-refractivity contribution >= 4 is 19.8 Å². The topological polar surface area (TPSA) is 108 Å². The van der Waals surface area contributed by atoms with Crippen molar-refractivity contribution in [3.05, 3.63) is 109 Å². The highest BCUT2D eigenvalue weighted by Crippen LogP contribution is 2.43. The number of ether oxygens (including phenoxy) is 2. The summed E-state index contributed by atoms with van der Waals surface area (Å²) in [7, 11) is 1.49. The predicted octanol–water partition coefficient (Wildman–Crippen LogP) is 28.7. The molecule has 0 fully saturated rings. The van der Waals surface area contributed by atoms with Crippen molar-refractivity contribution in [2.24, 2.45) is 0 Å². The Morgan fingerprint density at radius 1 is 0.310 bits per heavy atom. The second kappa shape index (κ2) is 79.8. The van der Waals surface area contributed by atoms with Gasteiger partial charge in [-0.15, -0.1) is 0 Å². The van der Waals surface area contributed by atoms with Crippen molar-refractivity contribution < 1.29 is 42.1 Å². The van der Waals surface area contributed by atoms with E-state index >= 15 is 0 Å². The minimum atomic E-state index is -4.40. The van der Waals surface area contributed by atoms with Crippen LogP contribution >= 0.6 is 7.82 Å². The summed E-state index contributed by atoms with van der Waals surface area (Å²) in [6.45, 7) is 4.26. The maximum Gasteiger partial charge on any atom is 0.472 e. The molecule has 0 bridgehead atoms. The second-order valence-electron chi connectivity index (χ2n) is 29.8. The lowest BCUT2D eigenvalue weighted by molar-refractivity contribution is -0.870. The molecule has 9 nitrogen and oxygen atoms in total. The zero-order valence-electron chi connectivity index (χ0n) is 66.4. The highest BCUT2D eigenvalue weighted by atomic mass is 31.2. The van der Waals surface area contributed by atoms with Crippen molar-refractivity contribution in [2.45, 2.75) is 405 Å². The SMILES string of the molecule is CC/C=C\C/C=C\C/C=C\C/C=C\C/C=C\CCCCCCCCCCCCCCCCCCCCCC(=O)OC(COC(=O)CCCCCCCCCCCCCCCCCCCCCCCCCCCCCC/C=C\C/C=C\C/C=C\C/C=C\CC)COP(=O)(O)OCC[N+](C)(C)C. The molecule has 0 saturated heterocycles. The van der Waals surface area contributed by atoms with Crippen LogP contribution in [0.4, 0.5) is 0 Å². The molecule has 2 unspecified atom stereocenters. The highest BCUT2D eigenvalue weighted by molar-refractivity contribution is 7.47. The van der Waals surface area contributed by atoms with E-state index in [-0.39, 0.29) is 25.6 Å². The van der Waals surface area contributed by atoms with Gasteiger partial charge < -0.3 is 18.9 Å². The maximum atomic E-state index is 12.9. The molecule has 0 amide bonds. The average Bonchev–Trinajstić information content (AvgIpc) is 1.65. The van der Waals surface area contributed by atoms with Gasteiger partial charge in [-0.3, -0.25) is 18.6 Å². The molecule has 0 aliphatic carbocycles. The lowest BCUT2D eigenvalue weighted by Crippen LogP contribution is -2.37. The molecular formula is C90H163NO8P+. The van der Waals surface area contributed by atoms with Gasteiger partial charge in [0.1, 0.15) is 19.8 Å². The quantitative estimate of drug-likeness (QED) is 0.0211. The molecule has 2 atom stereocenters. The number of hydrogen-bond donors (Lipinski definition) is 1. The molecule has 0 aliphatic rings. The maximum absolute atomic E-state index is 12.9. The normalized spacial score (nSPS) is 13.5. The molecule has 0 spiro atoms. The zero-order valence-corrected chi connectivity index (χ0v) is 67.3. The molecule has 0 radical (unpaired) electrons. The molecule has 10 heteroatoms. The molecule has 580 valence electrons. The van der Waals surface area contributed by atoms with Crippen LogP contribution in [-0.2, 0) is 32.7 Å². The number of carbonyl (C=O) groups excluding carboxylic acids is 2. The van der Waals surface area contributed by atoms with E-state index in [1.54, 1.807) is 0 Å². The van der Waals surface area contributed by atoms with E-state index in [2.05, 4.69) is 123 Å². The number of hydrogen-bond acceptors (Lipinski definition) is 7. The van der Waals surface area contributed by atoms with Crippen molar-refractivity contribution in [1.29, 1.82) is 0 Å². The monoisotopic (exact) mass is 1420 g/mol. The smallest absolute Gasteiger partial charge is 0.462 e. The third-order valence-electron chi connectivity index (χ3n) is 18.8. The zero-order chi connectivity index (χ0) is 72.5. The van der Waals surface area contributed by atoms with Gasteiger partial charge in [0, 0.05) is 12.8 Å². The number of rotatable bonds is 79. The van der Waals surface area contributed by atoms with Gasteiger partial charge in [0.25, 0.3) is 0 Å². The van der Waals surface area contributed by atoms with Crippen LogP contribution < -0.4 is 0 Å². The second-order valence-corrected chi connectivity index (χ2v) is 31.3. The Balaban J connectivity index is 3.88. The van der Waals surface area contributed by atoms with Crippen molar-refractivity contribution in [3.8, 4) is 0 Å². The van der Waals surface area contributed by atoms with E-state index in [0.717, 1.165) is 89.9 Å². The molecule has 1 N–H and O–H groups in total. The number of unbranched alkanes of at least 4 members (excludes halogenated alkanes) is 47. The van der Waals surface area contributed by atoms with Crippen LogP contribution in [0.5, 0.6) is 0 Å². The minimum absolute atomic E-state index is 0.0321. The lowest BCUT2D eigenvalue weighted by Gasteiger charge is -2.24. The summed E-state index contributed by atoms with van der Waals surface area (Å²) >= 11 is 0. The fourth-order valence-electron chi connectivity index (χ4n) is 12.4. The molecule has 0 saturated carbocycles. The average molecular weight is 1420 g/mol. The highest BCUT2D eigenvalue weighted by Gasteiger charge is 2.27. The predicted molar refractivity (Wildman–Crippen MR) is 436 cm³/mol. The largest absolute Gasteiger partial charge is 0.472 e. The number of allylic oxidation sites excluding steroid dienone is 18. The summed E-state index contributed by atoms with van der Waals surface area (Å²) in [5.41, 5.74) is 0. The van der Waals surface area contributed by atoms with Gasteiger partial charge in [-0.2, -0.15) is 0 Å². The number of quaternary nitrogens is 1. The lowest BCUT2D eigenvalue weighted by atomic mass is 10.0. The summed E-state index contributed by atoms with van der Waals surface area (Å²) in [4.78, 5) is 36.0. The van der Waals surface area contributed by atoms with E-state index in [9.17, 15) is 19.0 Å². The Bertz CT molecular complexity index is 2060. The van der Waals surface area contributed by atoms with Gasteiger partial charge in [-0.25, -0.2) is 4.57 Å². The molecule has 100 heavy (non-hydrogen) atoms. The van der Waals surface area contributed by atoms with Gasteiger partial charge in [0.2, 0.25) is 0 Å². The van der Waals surface area contributed by atoms with Crippen LogP contribution in [-0.4, -0.2) is 74.9 Å². The summed E-state index contributed by atoms with van der Waals surface area (Å²) in [5, 5.41) is 0. The van der Waals surface area contributed by atoms with Crippen LogP contribution in [0.15, 0.2) is 109 Å². The van der Waals surface area contributed by atoms with E-state index in [0.29, 0.717) is 23.9 Å². The van der Waals surface area contributed by atoms with E-state index in [4.69, 9.17) is 18.5 Å². The Morgan fingerprint density at radius 2 is 0.540 bits per heavy atom. The van der Waals surface area contributed by atoms with Crippen LogP contribution in [0.1, 0.15) is 399 Å². The first-order valence-corrected chi connectivity index (χ1v) is 44.1. The number of nitrogens with zero attached hydrogens (tertiary/aromatic N) is 1. The number of likely N-dealkylation sites (N-methyl/N-ethyl adjacent to an activating group) is 1. The van der Waals surface area contributed by atoms with E-state index in [1.165, 1.54) is 276 Å². The molecular weight excluding hydrogens is 1250 g/mol. The Morgan fingerprint density at radius 3 is 0.800 bits per heavy atom. The first-order valence-electron chi connectivity index (χ1n) is 42.6. The Labute approximate surface area is 620 Å². The molecule has 0 aromatic rings. The van der Waals surface area contributed by atoms with Crippen molar-refractivity contribution in [1.82, 2.24) is 0 Å². The first-order chi connectivity index (χ1) is 49.0. The number of phosphoric ester groups is 1. The van der Waals surface area contributed by atoms with Gasteiger partial charge >= 0.3 is 19.8 Å². The summed E-state index contributed by atoms with van der Waals surface area (Å²) < 4.78 is 34.9. The number of esters is 2. The standard InChI is InChI=1S/C90H162NO8P/c1-6-8-10-12-14-16-18-20-22-24-26-28-30-32-34-36-38-40-42-43-44-45-46-47-49-50-52-54-56-58-60-62-64-66-68-70-72-74-76-78-80-82-89(92)96-86-88(87-98-100(94,95)97-85-84-91(3,4)5)99-90(93)83-81-79-77-75-73-71-69-67-65-63-61-59-57-55-53-51-48-41-39-37-35-33-31-29-27-25-23-21-19-17-15-13-11-9-7-2/h8-11,14-17,20-23,26-29,33,35,88H,6-7,12-13,18-19,24-25,30-32,34,36-87H2,1-5H3/p+1/b10-8-,11-9-,16-14-,17-15-,22-20-,23-21-,28-26-,29-27-,35-33-. The molecule has 0 rings (SSSR count). The number of phosphoric acid groups is 1. The Hall–Kier alpha value is -3.33. The fraction of sp³-hybridized carbons (Fsp3) is 0.778.